The van der Waals surface area contributed by atoms with Crippen molar-refractivity contribution in [1.82, 2.24) is 5.32 Å². The standard InChI is InChI=1S/C9H13NO3.Pb.2H/c1-10-5-9(13)6-2-3-7(11)8(12)4-6;;;/h2-4,9-13H,5H2,1H3;;;/t9-;;;/m0.../s1. The molecular weight excluding hydrogens is 377 g/mol. The number of phenols is 2. The molecule has 1 rings (SSSR count). The number of hydrogen-bond acceptors (Lipinski definition) is 4. The number of phenolic OH excluding ortho intramolecular Hbond substituents is 2. The van der Waals surface area contributed by atoms with Crippen LogP contribution in [0.5, 0.6) is 11.5 Å². The van der Waals surface area contributed by atoms with E-state index in [4.69, 9.17) is 10.2 Å². The number of likely N-dealkylation sites (N-methyl/N-ethyl adjacent to an activating group) is 1. The van der Waals surface area contributed by atoms with Gasteiger partial charge in [-0.3, -0.25) is 0 Å². The van der Waals surface area contributed by atoms with Crippen LogP contribution in [-0.2, 0) is 0 Å². The summed E-state index contributed by atoms with van der Waals surface area (Å²) in [6.07, 6.45) is -0.670. The monoisotopic (exact) mass is 393 g/mol. The quantitative estimate of drug-likeness (QED) is 0.411. The van der Waals surface area contributed by atoms with Crippen molar-refractivity contribution >= 4 is 27.3 Å². The topological polar surface area (TPSA) is 72.7 Å². The molecule has 2 radical (unpaired) electrons. The Morgan fingerprint density at radius 3 is 2.43 bits per heavy atom. The summed E-state index contributed by atoms with van der Waals surface area (Å²) in [5.74, 6) is -0.395. The second-order valence-corrected chi connectivity index (χ2v) is 2.82. The number of aliphatic hydroxyl groups is 1. The molecule has 14 heavy (non-hydrogen) atoms. The maximum atomic E-state index is 9.48. The minimum absolute atomic E-state index is 0. The van der Waals surface area contributed by atoms with E-state index >= 15 is 0 Å². The van der Waals surface area contributed by atoms with E-state index in [0.29, 0.717) is 12.1 Å². The van der Waals surface area contributed by atoms with Gasteiger partial charge in [-0.05, 0) is 24.7 Å². The molecule has 1 atom stereocenters. The first-order chi connectivity index (χ1) is 6.15. The molecular formula is C9H15NO3Pb. The number of nitrogens with one attached hydrogen (secondary N) is 1. The Bertz CT molecular complexity index is 293. The summed E-state index contributed by atoms with van der Waals surface area (Å²) in [7, 11) is 1.73. The van der Waals surface area contributed by atoms with Crippen molar-refractivity contribution in [2.45, 2.75) is 6.10 Å². The van der Waals surface area contributed by atoms with Gasteiger partial charge in [-0.15, -0.1) is 0 Å². The van der Waals surface area contributed by atoms with Crippen molar-refractivity contribution < 1.29 is 15.3 Å². The van der Waals surface area contributed by atoms with Gasteiger partial charge < -0.3 is 20.6 Å². The van der Waals surface area contributed by atoms with Crippen LogP contribution in [0.4, 0.5) is 0 Å². The van der Waals surface area contributed by atoms with Gasteiger partial charge in [0.15, 0.2) is 11.5 Å². The van der Waals surface area contributed by atoms with E-state index in [1.807, 2.05) is 0 Å². The SMILES string of the molecule is CNC[C@H](O)c1ccc(O)c(O)c1.[PbH2]. The van der Waals surface area contributed by atoms with Crippen LogP contribution in [0.2, 0.25) is 0 Å². The molecule has 0 amide bonds. The number of hydrogen-bond donors (Lipinski definition) is 4. The van der Waals surface area contributed by atoms with Crippen LogP contribution < -0.4 is 5.32 Å². The van der Waals surface area contributed by atoms with Gasteiger partial charge in [-0.1, -0.05) is 6.07 Å². The summed E-state index contributed by atoms with van der Waals surface area (Å²) >= 11 is 0. The number of benzene rings is 1. The van der Waals surface area contributed by atoms with Gasteiger partial charge in [0, 0.05) is 6.54 Å². The van der Waals surface area contributed by atoms with Crippen LogP contribution in [-0.4, -0.2) is 56.2 Å². The molecule has 0 aliphatic rings. The van der Waals surface area contributed by atoms with E-state index in [-0.39, 0.29) is 38.8 Å². The van der Waals surface area contributed by atoms with Crippen molar-refractivity contribution in [3.05, 3.63) is 23.8 Å². The summed E-state index contributed by atoms with van der Waals surface area (Å²) < 4.78 is 0. The van der Waals surface area contributed by atoms with Crippen molar-refractivity contribution in [3.63, 3.8) is 0 Å². The molecule has 1 aromatic carbocycles. The summed E-state index contributed by atoms with van der Waals surface area (Å²) in [5, 5.41) is 30.4. The van der Waals surface area contributed by atoms with E-state index in [9.17, 15) is 5.11 Å². The first-order valence-corrected chi connectivity index (χ1v) is 3.99. The Kier molecular flexibility index (Phi) is 6.05. The van der Waals surface area contributed by atoms with Gasteiger partial charge in [0.05, 0.1) is 6.10 Å². The van der Waals surface area contributed by atoms with E-state index in [2.05, 4.69) is 5.32 Å². The fourth-order valence-corrected chi connectivity index (χ4v) is 1.06. The molecule has 0 saturated heterocycles. The predicted molar refractivity (Wildman–Crippen MR) is 57.2 cm³/mol. The summed E-state index contributed by atoms with van der Waals surface area (Å²) in [5.41, 5.74) is 0.574. The third kappa shape index (κ3) is 3.43. The summed E-state index contributed by atoms with van der Waals surface area (Å²) in [6.45, 7) is 0.407. The Labute approximate surface area is 103 Å². The molecule has 4 nitrogen and oxygen atoms in total. The molecule has 0 spiro atoms. The van der Waals surface area contributed by atoms with E-state index < -0.39 is 6.10 Å². The molecule has 4 N–H and O–H groups in total. The van der Waals surface area contributed by atoms with E-state index in [0.717, 1.165) is 0 Å². The first kappa shape index (κ1) is 13.7. The third-order valence-corrected chi connectivity index (χ3v) is 1.78. The molecule has 0 aliphatic heterocycles. The molecule has 5 heteroatoms. The molecule has 0 bridgehead atoms. The zero-order valence-electron chi connectivity index (χ0n) is 8.07. The van der Waals surface area contributed by atoms with Crippen LogP contribution >= 0.6 is 0 Å². The summed E-state index contributed by atoms with van der Waals surface area (Å²) in [4.78, 5) is 0. The molecule has 0 saturated carbocycles. The van der Waals surface area contributed by atoms with Crippen LogP contribution in [0, 0.1) is 0 Å². The molecule has 0 heterocycles. The molecule has 0 fully saturated rings. The fraction of sp³-hybridized carbons (Fsp3) is 0.333. The molecule has 78 valence electrons. The Balaban J connectivity index is 0.00000169. The van der Waals surface area contributed by atoms with Gasteiger partial charge in [0.25, 0.3) is 0 Å². The average molecular weight is 392 g/mol. The molecule has 1 aromatic rings. The Morgan fingerprint density at radius 2 is 1.93 bits per heavy atom. The van der Waals surface area contributed by atoms with Gasteiger partial charge >= 0.3 is 27.3 Å². The molecule has 0 aromatic heterocycles. The number of aromatic hydroxyl groups is 2. The van der Waals surface area contributed by atoms with Crippen LogP contribution in [0.3, 0.4) is 0 Å². The van der Waals surface area contributed by atoms with Gasteiger partial charge in [0.2, 0.25) is 0 Å². The Hall–Kier alpha value is -0.338. The van der Waals surface area contributed by atoms with E-state index in [1.165, 1.54) is 12.1 Å². The Morgan fingerprint density at radius 1 is 1.29 bits per heavy atom. The zero-order valence-corrected chi connectivity index (χ0v) is 13.6. The van der Waals surface area contributed by atoms with Crippen molar-refractivity contribution in [1.29, 1.82) is 0 Å². The second-order valence-electron chi connectivity index (χ2n) is 2.82. The fourth-order valence-electron chi connectivity index (χ4n) is 1.06. The number of rotatable bonds is 3. The molecule has 0 unspecified atom stereocenters. The predicted octanol–water partition coefficient (Wildman–Crippen LogP) is -0.566. The number of aliphatic hydroxyl groups excluding tert-OH is 1. The third-order valence-electron chi connectivity index (χ3n) is 1.78. The van der Waals surface area contributed by atoms with Crippen molar-refractivity contribution in [3.8, 4) is 11.5 Å². The first-order valence-electron chi connectivity index (χ1n) is 3.99. The van der Waals surface area contributed by atoms with Crippen LogP contribution in [0.25, 0.3) is 0 Å². The second kappa shape index (κ2) is 6.20. The van der Waals surface area contributed by atoms with Gasteiger partial charge in [0.1, 0.15) is 0 Å². The van der Waals surface area contributed by atoms with E-state index in [1.54, 1.807) is 13.1 Å². The van der Waals surface area contributed by atoms with Crippen LogP contribution in [0.15, 0.2) is 18.2 Å². The van der Waals surface area contributed by atoms with Gasteiger partial charge in [-0.25, -0.2) is 0 Å². The van der Waals surface area contributed by atoms with Gasteiger partial charge in [-0.2, -0.15) is 0 Å². The van der Waals surface area contributed by atoms with Crippen molar-refractivity contribution in [2.24, 2.45) is 0 Å². The van der Waals surface area contributed by atoms with Crippen molar-refractivity contribution in [2.75, 3.05) is 13.6 Å². The average Bonchev–Trinajstić information content (AvgIpc) is 2.10. The molecule has 0 aliphatic carbocycles. The maximum absolute atomic E-state index is 9.48. The normalized spacial score (nSPS) is 11.9. The minimum atomic E-state index is -0.670. The summed E-state index contributed by atoms with van der Waals surface area (Å²) in [6, 6.07) is 4.26. The van der Waals surface area contributed by atoms with Crippen LogP contribution in [0.1, 0.15) is 11.7 Å². The zero-order chi connectivity index (χ0) is 9.84.